The van der Waals surface area contributed by atoms with Crippen molar-refractivity contribution in [3.63, 3.8) is 0 Å². The van der Waals surface area contributed by atoms with E-state index in [1.165, 1.54) is 0 Å². The summed E-state index contributed by atoms with van der Waals surface area (Å²) in [5, 5.41) is -0.434. The van der Waals surface area contributed by atoms with Crippen LogP contribution in [0, 0.1) is 0 Å². The number of hydrogen-bond donors (Lipinski definition) is 0. The Balaban J connectivity index is 2.76. The first-order valence-electron chi connectivity index (χ1n) is 7.44. The maximum atomic E-state index is 12.7. The molecule has 23 heavy (non-hydrogen) atoms. The van der Waals surface area contributed by atoms with Crippen molar-refractivity contribution in [2.45, 2.75) is 29.6 Å². The Morgan fingerprint density at radius 2 is 2.04 bits per heavy atom. The van der Waals surface area contributed by atoms with E-state index in [2.05, 4.69) is 6.58 Å². The lowest BCUT2D eigenvalue weighted by Crippen LogP contribution is -2.43. The van der Waals surface area contributed by atoms with Crippen LogP contribution >= 0.6 is 34.8 Å². The number of nitrogens with zero attached hydrogens (tertiary/aromatic N) is 1. The van der Waals surface area contributed by atoms with E-state index in [4.69, 9.17) is 39.5 Å². The van der Waals surface area contributed by atoms with Crippen molar-refractivity contribution in [2.24, 2.45) is 0 Å². The number of carbonyl (C=O) groups excluding carboxylic acids is 1. The summed E-state index contributed by atoms with van der Waals surface area (Å²) in [6.45, 7) is 7.16. The predicted octanol–water partition coefficient (Wildman–Crippen LogP) is 4.41. The zero-order valence-electron chi connectivity index (χ0n) is 13.2. The number of rotatable bonds is 10. The van der Waals surface area contributed by atoms with Crippen LogP contribution in [-0.2, 0) is 16.1 Å². The SMILES string of the molecule is C=CCN(Cc1ccccc1)C(=O)C(Cl)(Cl)CC(Cl)COCC. The number of amides is 1. The van der Waals surface area contributed by atoms with Crippen molar-refractivity contribution in [2.75, 3.05) is 19.8 Å². The van der Waals surface area contributed by atoms with Crippen LogP contribution in [0.3, 0.4) is 0 Å². The second-order valence-electron chi connectivity index (χ2n) is 5.13. The fraction of sp³-hybridized carbons (Fsp3) is 0.471. The van der Waals surface area contributed by atoms with Gasteiger partial charge in [0.15, 0.2) is 4.33 Å². The molecule has 1 amide bonds. The lowest BCUT2D eigenvalue weighted by atomic mass is 10.1. The largest absolute Gasteiger partial charge is 0.380 e. The molecule has 128 valence electrons. The molecule has 0 aromatic heterocycles. The Hall–Kier alpha value is -0.740. The van der Waals surface area contributed by atoms with E-state index >= 15 is 0 Å². The highest BCUT2D eigenvalue weighted by Crippen LogP contribution is 2.32. The second kappa shape index (κ2) is 10.2. The first kappa shape index (κ1) is 20.3. The molecule has 6 heteroatoms. The quantitative estimate of drug-likeness (QED) is 0.446. The zero-order valence-corrected chi connectivity index (χ0v) is 15.4. The van der Waals surface area contributed by atoms with Crippen molar-refractivity contribution >= 4 is 40.7 Å². The van der Waals surface area contributed by atoms with Gasteiger partial charge >= 0.3 is 0 Å². The van der Waals surface area contributed by atoms with Gasteiger partial charge in [0.1, 0.15) is 0 Å². The van der Waals surface area contributed by atoms with E-state index in [1.807, 2.05) is 37.3 Å². The highest BCUT2D eigenvalue weighted by atomic mass is 35.5. The summed E-state index contributed by atoms with van der Waals surface area (Å²) in [6, 6.07) is 9.62. The molecule has 0 bridgehead atoms. The van der Waals surface area contributed by atoms with Gasteiger partial charge in [0, 0.05) is 26.1 Å². The molecular formula is C17H22Cl3NO2. The van der Waals surface area contributed by atoms with E-state index in [9.17, 15) is 4.79 Å². The Morgan fingerprint density at radius 1 is 1.39 bits per heavy atom. The summed E-state index contributed by atoms with van der Waals surface area (Å²) in [6.07, 6.45) is 1.75. The van der Waals surface area contributed by atoms with Crippen LogP contribution < -0.4 is 0 Å². The van der Waals surface area contributed by atoms with Gasteiger partial charge in [0.2, 0.25) is 0 Å². The van der Waals surface area contributed by atoms with E-state index in [0.717, 1.165) is 5.56 Å². The van der Waals surface area contributed by atoms with Gasteiger partial charge in [-0.15, -0.1) is 18.2 Å². The summed E-state index contributed by atoms with van der Waals surface area (Å²) < 4.78 is 3.64. The summed E-state index contributed by atoms with van der Waals surface area (Å²) in [4.78, 5) is 14.2. The van der Waals surface area contributed by atoms with Gasteiger partial charge in [-0.3, -0.25) is 4.79 Å². The van der Waals surface area contributed by atoms with Gasteiger partial charge in [0.25, 0.3) is 5.91 Å². The Morgan fingerprint density at radius 3 is 2.61 bits per heavy atom. The van der Waals surface area contributed by atoms with Gasteiger partial charge in [-0.2, -0.15) is 0 Å². The monoisotopic (exact) mass is 377 g/mol. The lowest BCUT2D eigenvalue weighted by molar-refractivity contribution is -0.132. The van der Waals surface area contributed by atoms with E-state index in [-0.39, 0.29) is 12.3 Å². The maximum absolute atomic E-state index is 12.7. The van der Waals surface area contributed by atoms with Gasteiger partial charge in [0.05, 0.1) is 12.0 Å². The molecule has 0 heterocycles. The fourth-order valence-electron chi connectivity index (χ4n) is 2.08. The van der Waals surface area contributed by atoms with Crippen LogP contribution in [0.1, 0.15) is 18.9 Å². The van der Waals surface area contributed by atoms with E-state index in [1.54, 1.807) is 11.0 Å². The van der Waals surface area contributed by atoms with Gasteiger partial charge in [-0.05, 0) is 12.5 Å². The average Bonchev–Trinajstić information content (AvgIpc) is 2.52. The topological polar surface area (TPSA) is 29.5 Å². The molecule has 0 aliphatic heterocycles. The van der Waals surface area contributed by atoms with Crippen LogP contribution in [0.25, 0.3) is 0 Å². The second-order valence-corrected chi connectivity index (χ2v) is 7.23. The van der Waals surface area contributed by atoms with Crippen LogP contribution in [0.15, 0.2) is 43.0 Å². The number of carbonyl (C=O) groups is 1. The third kappa shape index (κ3) is 7.13. The molecular weight excluding hydrogens is 357 g/mol. The van der Waals surface area contributed by atoms with Crippen LogP contribution in [0.4, 0.5) is 0 Å². The molecule has 1 aromatic carbocycles. The highest BCUT2D eigenvalue weighted by molar-refractivity contribution is 6.58. The van der Waals surface area contributed by atoms with Crippen molar-refractivity contribution in [1.29, 1.82) is 0 Å². The number of ether oxygens (including phenoxy) is 1. The fourth-order valence-corrected chi connectivity index (χ4v) is 3.17. The summed E-state index contributed by atoms with van der Waals surface area (Å²) in [7, 11) is 0. The van der Waals surface area contributed by atoms with Crippen LogP contribution in [-0.4, -0.2) is 40.3 Å². The molecule has 0 N–H and O–H groups in total. The predicted molar refractivity (Wildman–Crippen MR) is 97.2 cm³/mol. The van der Waals surface area contributed by atoms with Gasteiger partial charge in [-0.25, -0.2) is 0 Å². The van der Waals surface area contributed by atoms with E-state index in [0.29, 0.717) is 26.3 Å². The third-order valence-corrected chi connectivity index (χ3v) is 4.06. The Labute approximate surface area is 153 Å². The maximum Gasteiger partial charge on any atom is 0.259 e. The molecule has 0 spiro atoms. The minimum atomic E-state index is -1.60. The van der Waals surface area contributed by atoms with Crippen molar-refractivity contribution in [3.8, 4) is 0 Å². The normalized spacial score (nSPS) is 12.7. The Kier molecular flexibility index (Phi) is 9.00. The molecule has 0 saturated heterocycles. The number of halogens is 3. The molecule has 0 radical (unpaired) electrons. The minimum absolute atomic E-state index is 0.110. The molecule has 0 saturated carbocycles. The molecule has 1 unspecified atom stereocenters. The molecule has 3 nitrogen and oxygen atoms in total. The first-order chi connectivity index (χ1) is 10.9. The first-order valence-corrected chi connectivity index (χ1v) is 8.63. The van der Waals surface area contributed by atoms with E-state index < -0.39 is 9.71 Å². The smallest absolute Gasteiger partial charge is 0.259 e. The highest BCUT2D eigenvalue weighted by Gasteiger charge is 2.39. The molecule has 0 fully saturated rings. The van der Waals surface area contributed by atoms with Crippen molar-refractivity contribution < 1.29 is 9.53 Å². The standard InChI is InChI=1S/C17H22Cl3NO2/c1-3-10-21(12-14-8-6-5-7-9-14)16(22)17(19,20)11-15(18)13-23-4-2/h3,5-9,15H,1,4,10-13H2,2H3. The summed E-state index contributed by atoms with van der Waals surface area (Å²) >= 11 is 18.7. The van der Waals surface area contributed by atoms with Gasteiger partial charge < -0.3 is 9.64 Å². The number of hydrogen-bond acceptors (Lipinski definition) is 2. The molecule has 1 rings (SSSR count). The zero-order chi connectivity index (χ0) is 17.3. The Bertz CT molecular complexity index is 494. The number of alkyl halides is 3. The number of benzene rings is 1. The minimum Gasteiger partial charge on any atom is -0.380 e. The van der Waals surface area contributed by atoms with Gasteiger partial charge in [-0.1, -0.05) is 59.6 Å². The lowest BCUT2D eigenvalue weighted by Gasteiger charge is -2.29. The van der Waals surface area contributed by atoms with Crippen LogP contribution in [0.5, 0.6) is 0 Å². The molecule has 0 aliphatic rings. The summed E-state index contributed by atoms with van der Waals surface area (Å²) in [5.41, 5.74) is 0.989. The molecule has 0 aliphatic carbocycles. The molecule has 1 atom stereocenters. The van der Waals surface area contributed by atoms with Crippen molar-refractivity contribution in [1.82, 2.24) is 4.90 Å². The molecule has 1 aromatic rings. The average molecular weight is 379 g/mol. The van der Waals surface area contributed by atoms with Crippen molar-refractivity contribution in [3.05, 3.63) is 48.6 Å². The third-order valence-electron chi connectivity index (χ3n) is 3.15. The summed E-state index contributed by atoms with van der Waals surface area (Å²) in [5.74, 6) is -0.383. The van der Waals surface area contributed by atoms with Crippen LogP contribution in [0.2, 0.25) is 0 Å².